The topological polar surface area (TPSA) is 68.3 Å². The van der Waals surface area contributed by atoms with Gasteiger partial charge in [-0.1, -0.05) is 0 Å². The monoisotopic (exact) mass is 512 g/mol. The summed E-state index contributed by atoms with van der Waals surface area (Å²) < 4.78 is 5.21. The maximum atomic E-state index is 12.4. The molecule has 1 amide bonds. The van der Waals surface area contributed by atoms with Gasteiger partial charge in [0.15, 0.2) is 0 Å². The molecule has 4 aromatic rings. The SMILES string of the molecule is O=C(CCCC[PH](c1ccccc1)(c1ccccc1)c1ccccc1)NCCOC(=O)c1cccnc1. The van der Waals surface area contributed by atoms with Crippen LogP contribution in [0.5, 0.6) is 0 Å². The van der Waals surface area contributed by atoms with E-state index in [0.717, 1.165) is 19.0 Å². The summed E-state index contributed by atoms with van der Waals surface area (Å²) >= 11 is 0. The number of nitrogens with one attached hydrogen (secondary N) is 1. The van der Waals surface area contributed by atoms with Crippen molar-refractivity contribution in [3.63, 3.8) is 0 Å². The van der Waals surface area contributed by atoms with Crippen LogP contribution in [0.3, 0.4) is 0 Å². The second-order valence-electron chi connectivity index (χ2n) is 8.94. The van der Waals surface area contributed by atoms with E-state index in [2.05, 4.69) is 101 Å². The number of amides is 1. The van der Waals surface area contributed by atoms with E-state index in [1.165, 1.54) is 22.1 Å². The molecule has 190 valence electrons. The normalized spacial score (nSPS) is 11.5. The molecule has 0 bridgehead atoms. The van der Waals surface area contributed by atoms with E-state index in [1.54, 1.807) is 18.3 Å². The predicted octanol–water partition coefficient (Wildman–Crippen LogP) is 4.25. The van der Waals surface area contributed by atoms with Crippen molar-refractivity contribution in [2.24, 2.45) is 0 Å². The number of ether oxygens (including phenoxy) is 1. The number of hydrogen-bond donors (Lipinski definition) is 1. The van der Waals surface area contributed by atoms with Crippen LogP contribution in [0.2, 0.25) is 0 Å². The van der Waals surface area contributed by atoms with Gasteiger partial charge < -0.3 is 0 Å². The molecular formula is C31H33N2O3P. The van der Waals surface area contributed by atoms with Crippen molar-refractivity contribution >= 4 is 35.1 Å². The fourth-order valence-electron chi connectivity index (χ4n) is 4.77. The van der Waals surface area contributed by atoms with Crippen LogP contribution in [0.1, 0.15) is 29.6 Å². The number of aromatic nitrogens is 1. The fourth-order valence-corrected chi connectivity index (χ4v) is 9.70. The third-order valence-electron chi connectivity index (χ3n) is 6.56. The fraction of sp³-hybridized carbons (Fsp3) is 0.194. The average molecular weight is 513 g/mol. The Bertz CT molecular complexity index is 1160. The molecule has 1 aromatic heterocycles. The zero-order valence-electron chi connectivity index (χ0n) is 20.9. The van der Waals surface area contributed by atoms with Gasteiger partial charge in [0.2, 0.25) is 0 Å². The van der Waals surface area contributed by atoms with E-state index >= 15 is 0 Å². The molecule has 37 heavy (non-hydrogen) atoms. The van der Waals surface area contributed by atoms with E-state index in [4.69, 9.17) is 4.74 Å². The second-order valence-corrected chi connectivity index (χ2v) is 13.0. The Morgan fingerprint density at radius 2 is 1.30 bits per heavy atom. The van der Waals surface area contributed by atoms with Gasteiger partial charge >= 0.3 is 202 Å². The molecule has 0 spiro atoms. The molecule has 4 rings (SSSR count). The number of esters is 1. The van der Waals surface area contributed by atoms with Gasteiger partial charge in [-0.3, -0.25) is 4.98 Å². The summed E-state index contributed by atoms with van der Waals surface area (Å²) in [4.78, 5) is 28.3. The van der Waals surface area contributed by atoms with Gasteiger partial charge in [-0.05, 0) is 6.07 Å². The van der Waals surface area contributed by atoms with Gasteiger partial charge in [0.1, 0.15) is 0 Å². The maximum absolute atomic E-state index is 12.4. The number of hydrogen-bond acceptors (Lipinski definition) is 4. The molecule has 1 N–H and O–H groups in total. The first-order chi connectivity index (χ1) is 18.2. The van der Waals surface area contributed by atoms with Crippen LogP contribution in [0.25, 0.3) is 0 Å². The number of pyridine rings is 1. The number of nitrogens with zero attached hydrogens (tertiary/aromatic N) is 1. The molecular weight excluding hydrogens is 479 g/mol. The summed E-state index contributed by atoms with van der Waals surface area (Å²) in [5.74, 6) is -0.463. The summed E-state index contributed by atoms with van der Waals surface area (Å²) in [6, 6.07) is 35.8. The van der Waals surface area contributed by atoms with Crippen molar-refractivity contribution in [2.75, 3.05) is 19.3 Å². The molecule has 0 saturated heterocycles. The molecule has 0 fully saturated rings. The van der Waals surface area contributed by atoms with Gasteiger partial charge in [-0.2, -0.15) is 0 Å². The van der Waals surface area contributed by atoms with Crippen LogP contribution in [0, 0.1) is 0 Å². The Balaban J connectivity index is 1.35. The van der Waals surface area contributed by atoms with Gasteiger partial charge in [-0.15, -0.1) is 0 Å². The molecule has 0 unspecified atom stereocenters. The first kappa shape index (κ1) is 26.2. The third kappa shape index (κ3) is 6.90. The zero-order chi connectivity index (χ0) is 25.8. The first-order valence-corrected chi connectivity index (χ1v) is 14.9. The van der Waals surface area contributed by atoms with Crippen molar-refractivity contribution in [3.05, 3.63) is 121 Å². The number of benzene rings is 3. The molecule has 0 saturated carbocycles. The molecule has 1 heterocycles. The van der Waals surface area contributed by atoms with Gasteiger partial charge in [0.05, 0.1) is 0 Å². The van der Waals surface area contributed by atoms with Gasteiger partial charge in [0.25, 0.3) is 0 Å². The van der Waals surface area contributed by atoms with Crippen LogP contribution >= 0.6 is 7.26 Å². The molecule has 5 nitrogen and oxygen atoms in total. The van der Waals surface area contributed by atoms with Crippen molar-refractivity contribution in [1.82, 2.24) is 10.3 Å². The summed E-state index contributed by atoms with van der Waals surface area (Å²) in [6.45, 7) is 0.424. The Hall–Kier alpha value is -3.82. The summed E-state index contributed by atoms with van der Waals surface area (Å²) in [5.41, 5.74) is 0.400. The van der Waals surface area contributed by atoms with Gasteiger partial charge in [0, 0.05) is 6.20 Å². The molecule has 0 aliphatic rings. The Labute approximate surface area is 219 Å². The summed E-state index contributed by atoms with van der Waals surface area (Å²) in [7, 11) is -2.27. The van der Waals surface area contributed by atoms with E-state index in [-0.39, 0.29) is 12.5 Å². The molecule has 0 aliphatic heterocycles. The van der Waals surface area contributed by atoms with Gasteiger partial charge in [-0.25, -0.2) is 0 Å². The van der Waals surface area contributed by atoms with Crippen molar-refractivity contribution in [1.29, 1.82) is 0 Å². The van der Waals surface area contributed by atoms with E-state index in [1.807, 2.05) is 0 Å². The smallest absolute Gasteiger partial charge is 0.264 e. The molecule has 3 aromatic carbocycles. The molecule has 6 heteroatoms. The van der Waals surface area contributed by atoms with Crippen molar-refractivity contribution in [2.45, 2.75) is 19.3 Å². The number of carbonyl (C=O) groups is 2. The van der Waals surface area contributed by atoms with E-state index in [9.17, 15) is 9.59 Å². The van der Waals surface area contributed by atoms with Crippen molar-refractivity contribution in [3.8, 4) is 0 Å². The van der Waals surface area contributed by atoms with Crippen LogP contribution in [-0.4, -0.2) is 36.2 Å². The molecule has 0 radical (unpaired) electrons. The van der Waals surface area contributed by atoms with Crippen molar-refractivity contribution < 1.29 is 14.3 Å². The second kappa shape index (κ2) is 13.5. The summed E-state index contributed by atoms with van der Waals surface area (Å²) in [6.07, 6.45) is 6.25. The Kier molecular flexibility index (Phi) is 9.56. The number of rotatable bonds is 12. The van der Waals surface area contributed by atoms with Crippen LogP contribution in [-0.2, 0) is 9.53 Å². The third-order valence-corrected chi connectivity index (χ3v) is 11.6. The summed E-state index contributed by atoms with van der Waals surface area (Å²) in [5, 5.41) is 7.01. The minimum atomic E-state index is -2.27. The standard InChI is InChI=1S/C31H33N2O3P/c34-30(33-22-23-36-31(35)26-13-12-21-32-25-26)20-10-11-24-37(27-14-4-1-5-15-27,28-16-6-2-7-17-28)29-18-8-3-9-19-29/h1-9,12-19,21,25,37H,10-11,20,22-24H2,(H,33,34). The number of carbonyl (C=O) groups excluding carboxylic acids is 2. The molecule has 0 atom stereocenters. The van der Waals surface area contributed by atoms with Crippen LogP contribution < -0.4 is 21.2 Å². The van der Waals surface area contributed by atoms with Crippen LogP contribution in [0.15, 0.2) is 116 Å². The minimum Gasteiger partial charge on any atom is -0.264 e. The minimum absolute atomic E-state index is 0.0242. The number of unbranched alkanes of at least 4 members (excludes halogenated alkanes) is 1. The Morgan fingerprint density at radius 3 is 1.81 bits per heavy atom. The zero-order valence-corrected chi connectivity index (χ0v) is 21.9. The van der Waals surface area contributed by atoms with E-state index in [0.29, 0.717) is 18.5 Å². The average Bonchev–Trinajstić information content (AvgIpc) is 2.97. The first-order valence-electron chi connectivity index (χ1n) is 12.7. The quantitative estimate of drug-likeness (QED) is 0.175. The molecule has 0 aliphatic carbocycles. The van der Waals surface area contributed by atoms with E-state index < -0.39 is 13.2 Å². The van der Waals surface area contributed by atoms with Crippen LogP contribution in [0.4, 0.5) is 0 Å². The Morgan fingerprint density at radius 1 is 0.730 bits per heavy atom. The predicted molar refractivity (Wildman–Crippen MR) is 153 cm³/mol.